The van der Waals surface area contributed by atoms with Crippen molar-refractivity contribution in [3.8, 4) is 0 Å². The molecule has 1 saturated heterocycles. The molecule has 1 heterocycles. The number of rotatable bonds is 4. The van der Waals surface area contributed by atoms with Gasteiger partial charge in [-0.05, 0) is 11.6 Å². The predicted octanol–water partition coefficient (Wildman–Crippen LogP) is 1.23. The van der Waals surface area contributed by atoms with Gasteiger partial charge in [0.15, 0.2) is 0 Å². The van der Waals surface area contributed by atoms with Gasteiger partial charge in [-0.3, -0.25) is 9.69 Å². The van der Waals surface area contributed by atoms with E-state index in [1.807, 2.05) is 4.90 Å². The van der Waals surface area contributed by atoms with Crippen LogP contribution in [0.1, 0.15) is 11.1 Å². The standard InChI is InChI=1S/C14H18F3N3O/c15-14(16,17)12-4-2-1-3-11(12)9-19-13(21)10-20-7-5-18-6-8-20/h1-4,18H,5-10H2,(H,19,21). The molecule has 21 heavy (non-hydrogen) atoms. The van der Waals surface area contributed by atoms with E-state index in [1.165, 1.54) is 18.2 Å². The lowest BCUT2D eigenvalue weighted by atomic mass is 10.1. The summed E-state index contributed by atoms with van der Waals surface area (Å²) in [6, 6.07) is 5.29. The van der Waals surface area contributed by atoms with Gasteiger partial charge in [0.2, 0.25) is 5.91 Å². The molecule has 4 nitrogen and oxygen atoms in total. The fourth-order valence-electron chi connectivity index (χ4n) is 2.27. The first-order valence-electron chi connectivity index (χ1n) is 6.81. The van der Waals surface area contributed by atoms with E-state index in [0.717, 1.165) is 32.2 Å². The molecule has 7 heteroatoms. The van der Waals surface area contributed by atoms with Gasteiger partial charge in [0.1, 0.15) is 0 Å². The summed E-state index contributed by atoms with van der Waals surface area (Å²) in [4.78, 5) is 13.8. The molecule has 0 spiro atoms. The van der Waals surface area contributed by atoms with Gasteiger partial charge in [0.05, 0.1) is 12.1 Å². The molecule has 0 aromatic heterocycles. The first kappa shape index (κ1) is 15.8. The number of alkyl halides is 3. The molecule has 1 fully saturated rings. The summed E-state index contributed by atoms with van der Waals surface area (Å²) in [7, 11) is 0. The quantitative estimate of drug-likeness (QED) is 0.879. The lowest BCUT2D eigenvalue weighted by Gasteiger charge is -2.26. The predicted molar refractivity (Wildman–Crippen MR) is 72.6 cm³/mol. The van der Waals surface area contributed by atoms with Crippen molar-refractivity contribution in [2.45, 2.75) is 12.7 Å². The molecular weight excluding hydrogens is 283 g/mol. The minimum absolute atomic E-state index is 0.0821. The van der Waals surface area contributed by atoms with Crippen molar-refractivity contribution in [2.75, 3.05) is 32.7 Å². The van der Waals surface area contributed by atoms with Crippen LogP contribution >= 0.6 is 0 Å². The van der Waals surface area contributed by atoms with Crippen LogP contribution in [0.5, 0.6) is 0 Å². The Morgan fingerprint density at radius 2 is 1.90 bits per heavy atom. The van der Waals surface area contributed by atoms with Gasteiger partial charge >= 0.3 is 6.18 Å². The van der Waals surface area contributed by atoms with Crippen LogP contribution in [-0.2, 0) is 17.5 Å². The highest BCUT2D eigenvalue weighted by Crippen LogP contribution is 2.31. The largest absolute Gasteiger partial charge is 0.416 e. The highest BCUT2D eigenvalue weighted by atomic mass is 19.4. The number of halogens is 3. The lowest BCUT2D eigenvalue weighted by Crippen LogP contribution is -2.47. The summed E-state index contributed by atoms with van der Waals surface area (Å²) in [6.07, 6.45) is -4.40. The van der Waals surface area contributed by atoms with Crippen molar-refractivity contribution in [1.29, 1.82) is 0 Å². The summed E-state index contributed by atoms with van der Waals surface area (Å²) < 4.78 is 38.5. The fourth-order valence-corrected chi connectivity index (χ4v) is 2.27. The highest BCUT2D eigenvalue weighted by Gasteiger charge is 2.32. The third-order valence-electron chi connectivity index (χ3n) is 3.38. The van der Waals surface area contributed by atoms with E-state index in [-0.39, 0.29) is 24.6 Å². The zero-order chi connectivity index (χ0) is 15.3. The number of hydrogen-bond donors (Lipinski definition) is 2. The molecule has 0 unspecified atom stereocenters. The first-order valence-corrected chi connectivity index (χ1v) is 6.81. The van der Waals surface area contributed by atoms with E-state index in [0.29, 0.717) is 0 Å². The molecular formula is C14H18F3N3O. The minimum Gasteiger partial charge on any atom is -0.351 e. The molecule has 1 aromatic rings. The molecule has 1 aliphatic heterocycles. The molecule has 0 aliphatic carbocycles. The Morgan fingerprint density at radius 3 is 2.57 bits per heavy atom. The molecule has 1 aromatic carbocycles. The van der Waals surface area contributed by atoms with E-state index < -0.39 is 11.7 Å². The Labute approximate surface area is 121 Å². The molecule has 0 atom stereocenters. The third-order valence-corrected chi connectivity index (χ3v) is 3.38. The van der Waals surface area contributed by atoms with Gasteiger partial charge in [0.25, 0.3) is 0 Å². The Kier molecular flexibility index (Phi) is 5.19. The monoisotopic (exact) mass is 301 g/mol. The van der Waals surface area contributed by atoms with Crippen molar-refractivity contribution in [1.82, 2.24) is 15.5 Å². The van der Waals surface area contributed by atoms with E-state index in [1.54, 1.807) is 0 Å². The maximum atomic E-state index is 12.8. The smallest absolute Gasteiger partial charge is 0.351 e. The van der Waals surface area contributed by atoms with Crippen molar-refractivity contribution < 1.29 is 18.0 Å². The molecule has 0 radical (unpaired) electrons. The normalized spacial score (nSPS) is 16.7. The van der Waals surface area contributed by atoms with Gasteiger partial charge in [-0.15, -0.1) is 0 Å². The van der Waals surface area contributed by atoms with Gasteiger partial charge in [-0.1, -0.05) is 18.2 Å². The number of nitrogens with one attached hydrogen (secondary N) is 2. The van der Waals surface area contributed by atoms with Crippen molar-refractivity contribution in [3.05, 3.63) is 35.4 Å². The molecule has 2 rings (SSSR count). The molecule has 1 amide bonds. The van der Waals surface area contributed by atoms with Gasteiger partial charge in [-0.25, -0.2) is 0 Å². The van der Waals surface area contributed by atoms with Crippen LogP contribution in [0.3, 0.4) is 0 Å². The zero-order valence-electron chi connectivity index (χ0n) is 11.5. The number of carbonyl (C=O) groups is 1. The van der Waals surface area contributed by atoms with Crippen LogP contribution in [-0.4, -0.2) is 43.5 Å². The van der Waals surface area contributed by atoms with Crippen LogP contribution < -0.4 is 10.6 Å². The van der Waals surface area contributed by atoms with Crippen molar-refractivity contribution in [3.63, 3.8) is 0 Å². The highest BCUT2D eigenvalue weighted by molar-refractivity contribution is 5.78. The number of benzene rings is 1. The molecule has 0 saturated carbocycles. The second-order valence-corrected chi connectivity index (χ2v) is 4.96. The number of carbonyl (C=O) groups excluding carboxylic acids is 1. The Hall–Kier alpha value is -1.60. The maximum absolute atomic E-state index is 12.8. The van der Waals surface area contributed by atoms with Gasteiger partial charge < -0.3 is 10.6 Å². The molecule has 2 N–H and O–H groups in total. The summed E-state index contributed by atoms with van der Waals surface area (Å²) in [5, 5.41) is 5.73. The lowest BCUT2D eigenvalue weighted by molar-refractivity contribution is -0.138. The first-order chi connectivity index (χ1) is 9.97. The topological polar surface area (TPSA) is 44.4 Å². The van der Waals surface area contributed by atoms with E-state index in [9.17, 15) is 18.0 Å². The van der Waals surface area contributed by atoms with E-state index in [2.05, 4.69) is 10.6 Å². The van der Waals surface area contributed by atoms with Crippen LogP contribution in [0.2, 0.25) is 0 Å². The SMILES string of the molecule is O=C(CN1CCNCC1)NCc1ccccc1C(F)(F)F. The number of hydrogen-bond acceptors (Lipinski definition) is 3. The van der Waals surface area contributed by atoms with E-state index >= 15 is 0 Å². The Morgan fingerprint density at radius 1 is 1.24 bits per heavy atom. The average Bonchev–Trinajstić information content (AvgIpc) is 2.45. The number of piperazine rings is 1. The average molecular weight is 301 g/mol. The minimum atomic E-state index is -4.40. The Bertz CT molecular complexity index is 485. The third kappa shape index (κ3) is 4.71. The maximum Gasteiger partial charge on any atom is 0.416 e. The van der Waals surface area contributed by atoms with Crippen molar-refractivity contribution in [2.24, 2.45) is 0 Å². The van der Waals surface area contributed by atoms with Crippen LogP contribution in [0.15, 0.2) is 24.3 Å². The molecule has 116 valence electrons. The van der Waals surface area contributed by atoms with Gasteiger partial charge in [-0.2, -0.15) is 13.2 Å². The van der Waals surface area contributed by atoms with Crippen LogP contribution in [0.25, 0.3) is 0 Å². The summed E-state index contributed by atoms with van der Waals surface area (Å²) in [5.74, 6) is -0.256. The summed E-state index contributed by atoms with van der Waals surface area (Å²) in [5.41, 5.74) is -0.619. The second kappa shape index (κ2) is 6.91. The van der Waals surface area contributed by atoms with Crippen molar-refractivity contribution >= 4 is 5.91 Å². The fraction of sp³-hybridized carbons (Fsp3) is 0.500. The van der Waals surface area contributed by atoms with Gasteiger partial charge in [0, 0.05) is 32.7 Å². The second-order valence-electron chi connectivity index (χ2n) is 4.96. The Balaban J connectivity index is 1.89. The number of amides is 1. The summed E-state index contributed by atoms with van der Waals surface area (Å²) in [6.45, 7) is 3.30. The molecule has 0 bridgehead atoms. The zero-order valence-corrected chi connectivity index (χ0v) is 11.5. The van der Waals surface area contributed by atoms with Crippen LogP contribution in [0, 0.1) is 0 Å². The number of nitrogens with zero attached hydrogens (tertiary/aromatic N) is 1. The van der Waals surface area contributed by atoms with Crippen LogP contribution in [0.4, 0.5) is 13.2 Å². The molecule has 1 aliphatic rings. The summed E-state index contributed by atoms with van der Waals surface area (Å²) >= 11 is 0. The van der Waals surface area contributed by atoms with E-state index in [4.69, 9.17) is 0 Å².